The quantitative estimate of drug-likeness (QED) is 0.780. The zero-order chi connectivity index (χ0) is 18.4. The Labute approximate surface area is 147 Å². The molecule has 1 amide bonds. The van der Waals surface area contributed by atoms with Crippen LogP contribution in [-0.4, -0.2) is 25.1 Å². The van der Waals surface area contributed by atoms with E-state index in [1.807, 2.05) is 0 Å². The molecule has 0 aliphatic heterocycles. The SMILES string of the molecule is Cc1c(Cl)cccc1NC(=O)COC(=O)c1ccccc1OC(F)F. The second-order valence-corrected chi connectivity index (χ2v) is 5.32. The Morgan fingerprint density at radius 1 is 1.16 bits per heavy atom. The Morgan fingerprint density at radius 2 is 1.88 bits per heavy atom. The van der Waals surface area contributed by atoms with Gasteiger partial charge in [0.1, 0.15) is 11.3 Å². The van der Waals surface area contributed by atoms with Crippen LogP contribution >= 0.6 is 11.6 Å². The van der Waals surface area contributed by atoms with Crippen LogP contribution in [0.1, 0.15) is 15.9 Å². The maximum absolute atomic E-state index is 12.3. The van der Waals surface area contributed by atoms with E-state index in [1.54, 1.807) is 25.1 Å². The van der Waals surface area contributed by atoms with E-state index in [2.05, 4.69) is 10.1 Å². The highest BCUT2D eigenvalue weighted by molar-refractivity contribution is 6.31. The number of anilines is 1. The molecule has 0 saturated carbocycles. The molecule has 0 unspecified atom stereocenters. The average molecular weight is 370 g/mol. The van der Waals surface area contributed by atoms with Gasteiger partial charge in [-0.15, -0.1) is 0 Å². The van der Waals surface area contributed by atoms with Gasteiger partial charge in [-0.05, 0) is 36.8 Å². The number of alkyl halides is 2. The van der Waals surface area contributed by atoms with E-state index >= 15 is 0 Å². The van der Waals surface area contributed by atoms with E-state index in [1.165, 1.54) is 24.3 Å². The van der Waals surface area contributed by atoms with Crippen LogP contribution in [0.5, 0.6) is 5.75 Å². The molecule has 0 saturated heterocycles. The van der Waals surface area contributed by atoms with Gasteiger partial charge in [0.2, 0.25) is 0 Å². The van der Waals surface area contributed by atoms with Gasteiger partial charge in [-0.2, -0.15) is 8.78 Å². The Balaban J connectivity index is 1.98. The fourth-order valence-corrected chi connectivity index (χ4v) is 2.15. The zero-order valence-corrected chi connectivity index (χ0v) is 13.8. The number of carbonyl (C=O) groups is 2. The molecule has 0 aromatic heterocycles. The van der Waals surface area contributed by atoms with Gasteiger partial charge in [0.05, 0.1) is 0 Å². The monoisotopic (exact) mass is 369 g/mol. The molecule has 2 aromatic rings. The first-order chi connectivity index (χ1) is 11.9. The molecule has 0 atom stereocenters. The molecule has 1 N–H and O–H groups in total. The summed E-state index contributed by atoms with van der Waals surface area (Å²) in [6, 6.07) is 10.3. The third kappa shape index (κ3) is 5.15. The van der Waals surface area contributed by atoms with Crippen LogP contribution < -0.4 is 10.1 Å². The largest absolute Gasteiger partial charge is 0.452 e. The molecule has 0 bridgehead atoms. The number of nitrogens with one attached hydrogen (secondary N) is 1. The number of ether oxygens (including phenoxy) is 2. The lowest BCUT2D eigenvalue weighted by Gasteiger charge is -2.11. The van der Waals surface area contributed by atoms with Crippen LogP contribution in [0.3, 0.4) is 0 Å². The Bertz CT molecular complexity index is 783. The van der Waals surface area contributed by atoms with E-state index in [0.717, 1.165) is 0 Å². The number of rotatable bonds is 6. The number of para-hydroxylation sites is 1. The average Bonchev–Trinajstić information content (AvgIpc) is 2.57. The number of benzene rings is 2. The summed E-state index contributed by atoms with van der Waals surface area (Å²) in [7, 11) is 0. The van der Waals surface area contributed by atoms with Gasteiger partial charge in [-0.25, -0.2) is 4.79 Å². The van der Waals surface area contributed by atoms with Crippen molar-refractivity contribution in [1.29, 1.82) is 0 Å². The van der Waals surface area contributed by atoms with Crippen molar-refractivity contribution in [3.63, 3.8) is 0 Å². The van der Waals surface area contributed by atoms with Crippen molar-refractivity contribution in [2.75, 3.05) is 11.9 Å². The minimum atomic E-state index is -3.08. The number of amides is 1. The van der Waals surface area contributed by atoms with Crippen molar-refractivity contribution in [2.45, 2.75) is 13.5 Å². The fourth-order valence-electron chi connectivity index (χ4n) is 1.97. The third-order valence-corrected chi connectivity index (χ3v) is 3.61. The predicted molar refractivity (Wildman–Crippen MR) is 88.2 cm³/mol. The van der Waals surface area contributed by atoms with E-state index in [4.69, 9.17) is 16.3 Å². The Morgan fingerprint density at radius 3 is 2.60 bits per heavy atom. The molecule has 0 fully saturated rings. The maximum atomic E-state index is 12.3. The van der Waals surface area contributed by atoms with Crippen LogP contribution in [0.4, 0.5) is 14.5 Å². The highest BCUT2D eigenvalue weighted by atomic mass is 35.5. The van der Waals surface area contributed by atoms with E-state index in [9.17, 15) is 18.4 Å². The van der Waals surface area contributed by atoms with Gasteiger partial charge >= 0.3 is 12.6 Å². The van der Waals surface area contributed by atoms with Gasteiger partial charge in [-0.1, -0.05) is 29.8 Å². The third-order valence-electron chi connectivity index (χ3n) is 3.20. The first kappa shape index (κ1) is 18.7. The summed E-state index contributed by atoms with van der Waals surface area (Å²) in [4.78, 5) is 23.9. The minimum absolute atomic E-state index is 0.200. The Kier molecular flexibility index (Phi) is 6.30. The Hall–Kier alpha value is -2.67. The standard InChI is InChI=1S/C17H14ClF2NO4/c1-10-12(18)6-4-7-13(10)21-15(22)9-24-16(23)11-5-2-3-8-14(11)25-17(19)20/h2-8,17H,9H2,1H3,(H,21,22). The van der Waals surface area contributed by atoms with Gasteiger partial charge in [0, 0.05) is 10.7 Å². The summed E-state index contributed by atoms with van der Waals surface area (Å²) < 4.78 is 33.8. The number of hydrogen-bond acceptors (Lipinski definition) is 4. The van der Waals surface area contributed by atoms with E-state index < -0.39 is 25.1 Å². The smallest absolute Gasteiger partial charge is 0.387 e. The first-order valence-electron chi connectivity index (χ1n) is 7.14. The van der Waals surface area contributed by atoms with Crippen molar-refractivity contribution < 1.29 is 27.8 Å². The normalized spacial score (nSPS) is 10.4. The summed E-state index contributed by atoms with van der Waals surface area (Å²) >= 11 is 5.95. The minimum Gasteiger partial charge on any atom is -0.452 e. The molecule has 0 spiro atoms. The van der Waals surface area contributed by atoms with Crippen LogP contribution in [-0.2, 0) is 9.53 Å². The van der Waals surface area contributed by atoms with Crippen molar-refractivity contribution in [3.05, 3.63) is 58.6 Å². The molecule has 0 aliphatic rings. The molecule has 8 heteroatoms. The lowest BCUT2D eigenvalue weighted by Crippen LogP contribution is -2.21. The summed E-state index contributed by atoms with van der Waals surface area (Å²) in [6.45, 7) is -1.95. The predicted octanol–water partition coefficient (Wildman–Crippen LogP) is 4.05. The molecule has 5 nitrogen and oxygen atoms in total. The molecular formula is C17H14ClF2NO4. The summed E-state index contributed by atoms with van der Waals surface area (Å²) in [5.74, 6) is -1.87. The first-order valence-corrected chi connectivity index (χ1v) is 7.52. The van der Waals surface area contributed by atoms with Crippen molar-refractivity contribution >= 4 is 29.2 Å². The van der Waals surface area contributed by atoms with Gasteiger partial charge in [0.15, 0.2) is 6.61 Å². The van der Waals surface area contributed by atoms with Gasteiger partial charge < -0.3 is 14.8 Å². The highest BCUT2D eigenvalue weighted by Gasteiger charge is 2.18. The van der Waals surface area contributed by atoms with Crippen molar-refractivity contribution in [1.82, 2.24) is 0 Å². The highest BCUT2D eigenvalue weighted by Crippen LogP contribution is 2.23. The lowest BCUT2D eigenvalue weighted by atomic mass is 10.2. The summed E-state index contributed by atoms with van der Waals surface area (Å²) in [5.41, 5.74) is 0.948. The van der Waals surface area contributed by atoms with Crippen molar-refractivity contribution in [2.24, 2.45) is 0 Å². The molecule has 0 aliphatic carbocycles. The lowest BCUT2D eigenvalue weighted by molar-refractivity contribution is -0.119. The van der Waals surface area contributed by atoms with Gasteiger partial charge in [-0.3, -0.25) is 4.79 Å². The van der Waals surface area contributed by atoms with Crippen LogP contribution in [0.2, 0.25) is 5.02 Å². The molecule has 2 aromatic carbocycles. The van der Waals surface area contributed by atoms with Gasteiger partial charge in [0.25, 0.3) is 5.91 Å². The topological polar surface area (TPSA) is 64.6 Å². The van der Waals surface area contributed by atoms with Crippen LogP contribution in [0.25, 0.3) is 0 Å². The zero-order valence-electron chi connectivity index (χ0n) is 13.1. The number of carbonyl (C=O) groups excluding carboxylic acids is 2. The summed E-state index contributed by atoms with van der Waals surface area (Å²) in [6.07, 6.45) is 0. The van der Waals surface area contributed by atoms with Crippen LogP contribution in [0, 0.1) is 6.92 Å². The van der Waals surface area contributed by atoms with E-state index in [0.29, 0.717) is 16.3 Å². The number of esters is 1. The second-order valence-electron chi connectivity index (χ2n) is 4.91. The van der Waals surface area contributed by atoms with Crippen molar-refractivity contribution in [3.8, 4) is 5.75 Å². The van der Waals surface area contributed by atoms with Crippen LogP contribution in [0.15, 0.2) is 42.5 Å². The second kappa shape index (κ2) is 8.43. The molecule has 25 heavy (non-hydrogen) atoms. The molecular weight excluding hydrogens is 356 g/mol. The fraction of sp³-hybridized carbons (Fsp3) is 0.176. The van der Waals surface area contributed by atoms with E-state index in [-0.39, 0.29) is 11.3 Å². The number of hydrogen-bond donors (Lipinski definition) is 1. The molecule has 132 valence electrons. The molecule has 2 rings (SSSR count). The summed E-state index contributed by atoms with van der Waals surface area (Å²) in [5, 5.41) is 3.03. The molecule has 0 radical (unpaired) electrons. The number of halogens is 3. The molecule has 0 heterocycles. The maximum Gasteiger partial charge on any atom is 0.387 e.